The van der Waals surface area contributed by atoms with Crippen LogP contribution in [0.1, 0.15) is 21.7 Å². The smallest absolute Gasteiger partial charge is 0.339 e. The minimum Gasteiger partial charge on any atom is -0.497 e. The van der Waals surface area contributed by atoms with Crippen LogP contribution in [0.4, 0.5) is 4.39 Å². The fraction of sp³-hybridized carbons (Fsp3) is 0.200. The number of hydrogen-bond donors (Lipinski definition) is 1. The number of rotatable bonds is 5. The normalized spacial score (nSPS) is 10.2. The molecule has 0 aliphatic carbocycles. The van der Waals surface area contributed by atoms with Crippen molar-refractivity contribution in [2.75, 3.05) is 7.11 Å². The first-order valence-corrected chi connectivity index (χ1v) is 6.17. The van der Waals surface area contributed by atoms with Crippen molar-refractivity contribution in [1.82, 2.24) is 4.98 Å². The maximum Gasteiger partial charge on any atom is 0.339 e. The largest absolute Gasteiger partial charge is 0.497 e. The van der Waals surface area contributed by atoms with Crippen molar-refractivity contribution in [1.29, 1.82) is 0 Å². The average molecular weight is 291 g/mol. The summed E-state index contributed by atoms with van der Waals surface area (Å²) >= 11 is 0. The van der Waals surface area contributed by atoms with Crippen LogP contribution in [0, 0.1) is 12.7 Å². The molecule has 0 saturated carbocycles. The van der Waals surface area contributed by atoms with Gasteiger partial charge in [0.25, 0.3) is 0 Å². The second-order valence-electron chi connectivity index (χ2n) is 4.37. The third kappa shape index (κ3) is 3.68. The number of carbonyl (C=O) groups is 1. The van der Waals surface area contributed by atoms with Crippen LogP contribution in [0.2, 0.25) is 0 Å². The number of benzene rings is 1. The van der Waals surface area contributed by atoms with Gasteiger partial charge in [-0.1, -0.05) is 0 Å². The van der Waals surface area contributed by atoms with Crippen molar-refractivity contribution < 1.29 is 23.8 Å². The highest BCUT2D eigenvalue weighted by molar-refractivity contribution is 5.90. The molecule has 0 atom stereocenters. The minimum atomic E-state index is -1.25. The van der Waals surface area contributed by atoms with Crippen LogP contribution in [0.5, 0.6) is 11.5 Å². The summed E-state index contributed by atoms with van der Waals surface area (Å²) in [6, 6.07) is 6.81. The summed E-state index contributed by atoms with van der Waals surface area (Å²) in [4.78, 5) is 15.3. The summed E-state index contributed by atoms with van der Waals surface area (Å²) in [5.41, 5.74) is 1.12. The second kappa shape index (κ2) is 6.21. The number of carboxylic acids is 1. The first-order valence-electron chi connectivity index (χ1n) is 6.17. The summed E-state index contributed by atoms with van der Waals surface area (Å²) in [5, 5.41) is 9.03. The standard InChI is InChI=1S/C15H14FNO4/c1-9-5-12(20-2)7-11(17-9)8-21-14-4-3-10(16)6-13(14)15(18)19/h3-7H,8H2,1-2H3,(H,18,19). The van der Waals surface area contributed by atoms with Gasteiger partial charge in [0.15, 0.2) is 0 Å². The molecular formula is C15H14FNO4. The van der Waals surface area contributed by atoms with E-state index in [-0.39, 0.29) is 17.9 Å². The Morgan fingerprint density at radius 2 is 2.10 bits per heavy atom. The Balaban J connectivity index is 2.20. The SMILES string of the molecule is COc1cc(C)nc(COc2ccc(F)cc2C(=O)O)c1. The van der Waals surface area contributed by atoms with Gasteiger partial charge in [-0.15, -0.1) is 0 Å². The zero-order chi connectivity index (χ0) is 15.4. The zero-order valence-electron chi connectivity index (χ0n) is 11.6. The molecule has 0 amide bonds. The fourth-order valence-corrected chi connectivity index (χ4v) is 1.84. The Morgan fingerprint density at radius 1 is 1.33 bits per heavy atom. The molecular weight excluding hydrogens is 277 g/mol. The predicted octanol–water partition coefficient (Wildman–Crippen LogP) is 2.81. The third-order valence-electron chi connectivity index (χ3n) is 2.76. The Labute approximate surface area is 121 Å². The van der Waals surface area contributed by atoms with Gasteiger partial charge in [-0.3, -0.25) is 4.98 Å². The summed E-state index contributed by atoms with van der Waals surface area (Å²) < 4.78 is 23.6. The highest BCUT2D eigenvalue weighted by Crippen LogP contribution is 2.21. The lowest BCUT2D eigenvalue weighted by atomic mass is 10.2. The highest BCUT2D eigenvalue weighted by atomic mass is 19.1. The molecule has 0 fully saturated rings. The first kappa shape index (κ1) is 14.8. The molecule has 0 spiro atoms. The second-order valence-corrected chi connectivity index (χ2v) is 4.37. The van der Waals surface area contributed by atoms with E-state index >= 15 is 0 Å². The molecule has 1 N–H and O–H groups in total. The van der Waals surface area contributed by atoms with Crippen molar-refractivity contribution in [3.8, 4) is 11.5 Å². The first-order chi connectivity index (χ1) is 9.99. The zero-order valence-corrected chi connectivity index (χ0v) is 11.6. The lowest BCUT2D eigenvalue weighted by molar-refractivity contribution is 0.0691. The molecule has 0 aliphatic heterocycles. The van der Waals surface area contributed by atoms with E-state index in [1.54, 1.807) is 19.2 Å². The number of aryl methyl sites for hydroxylation is 1. The van der Waals surface area contributed by atoms with Crippen molar-refractivity contribution in [2.24, 2.45) is 0 Å². The molecule has 0 radical (unpaired) electrons. The molecule has 6 heteroatoms. The van der Waals surface area contributed by atoms with Crippen molar-refractivity contribution in [3.63, 3.8) is 0 Å². The number of pyridine rings is 1. The van der Waals surface area contributed by atoms with Crippen LogP contribution in [-0.2, 0) is 6.61 Å². The van der Waals surface area contributed by atoms with Gasteiger partial charge in [-0.2, -0.15) is 0 Å². The molecule has 2 aromatic rings. The van der Waals surface area contributed by atoms with E-state index in [0.717, 1.165) is 17.8 Å². The average Bonchev–Trinajstić information content (AvgIpc) is 2.45. The van der Waals surface area contributed by atoms with E-state index in [4.69, 9.17) is 14.6 Å². The van der Waals surface area contributed by atoms with Crippen molar-refractivity contribution in [2.45, 2.75) is 13.5 Å². The lowest BCUT2D eigenvalue weighted by Crippen LogP contribution is -2.05. The third-order valence-corrected chi connectivity index (χ3v) is 2.76. The highest BCUT2D eigenvalue weighted by Gasteiger charge is 2.13. The van der Waals surface area contributed by atoms with Gasteiger partial charge in [0.05, 0.1) is 12.8 Å². The maximum atomic E-state index is 13.1. The number of halogens is 1. The molecule has 0 saturated heterocycles. The number of hydrogen-bond acceptors (Lipinski definition) is 4. The lowest BCUT2D eigenvalue weighted by Gasteiger charge is -2.10. The van der Waals surface area contributed by atoms with Crippen LogP contribution in [0.25, 0.3) is 0 Å². The number of aromatic nitrogens is 1. The number of aromatic carboxylic acids is 1. The molecule has 1 aromatic heterocycles. The molecule has 0 unspecified atom stereocenters. The minimum absolute atomic E-state index is 0.0595. The van der Waals surface area contributed by atoms with Crippen molar-refractivity contribution in [3.05, 3.63) is 53.1 Å². The van der Waals surface area contributed by atoms with E-state index in [9.17, 15) is 9.18 Å². The fourth-order valence-electron chi connectivity index (χ4n) is 1.84. The summed E-state index contributed by atoms with van der Waals surface area (Å²) in [6.45, 7) is 1.87. The van der Waals surface area contributed by atoms with Crippen LogP contribution >= 0.6 is 0 Å². The Bertz CT molecular complexity index is 673. The van der Waals surface area contributed by atoms with Gasteiger partial charge in [0.1, 0.15) is 29.5 Å². The van der Waals surface area contributed by atoms with E-state index in [2.05, 4.69) is 4.98 Å². The van der Waals surface area contributed by atoms with E-state index in [1.807, 2.05) is 6.92 Å². The van der Waals surface area contributed by atoms with E-state index in [0.29, 0.717) is 11.4 Å². The number of methoxy groups -OCH3 is 1. The van der Waals surface area contributed by atoms with Gasteiger partial charge in [-0.25, -0.2) is 9.18 Å². The molecule has 1 heterocycles. The summed E-state index contributed by atoms with van der Waals surface area (Å²) in [7, 11) is 1.54. The predicted molar refractivity (Wildman–Crippen MR) is 73.2 cm³/mol. The molecule has 0 aliphatic rings. The van der Waals surface area contributed by atoms with Crippen LogP contribution in [-0.4, -0.2) is 23.2 Å². The van der Waals surface area contributed by atoms with Gasteiger partial charge in [0, 0.05) is 17.8 Å². The summed E-state index contributed by atoms with van der Waals surface area (Å²) in [6.07, 6.45) is 0. The van der Waals surface area contributed by atoms with Crippen LogP contribution < -0.4 is 9.47 Å². The van der Waals surface area contributed by atoms with E-state index < -0.39 is 11.8 Å². The number of ether oxygens (including phenoxy) is 2. The van der Waals surface area contributed by atoms with Gasteiger partial charge < -0.3 is 14.6 Å². The maximum absolute atomic E-state index is 13.1. The molecule has 2 rings (SSSR count). The monoisotopic (exact) mass is 291 g/mol. The van der Waals surface area contributed by atoms with Crippen molar-refractivity contribution >= 4 is 5.97 Å². The van der Waals surface area contributed by atoms with Gasteiger partial charge >= 0.3 is 5.97 Å². The van der Waals surface area contributed by atoms with Crippen LogP contribution in [0.15, 0.2) is 30.3 Å². The van der Waals surface area contributed by atoms with Gasteiger partial charge in [-0.05, 0) is 25.1 Å². The Morgan fingerprint density at radius 3 is 2.76 bits per heavy atom. The topological polar surface area (TPSA) is 68.7 Å². The number of nitrogens with zero attached hydrogens (tertiary/aromatic N) is 1. The molecule has 0 bridgehead atoms. The molecule has 1 aromatic carbocycles. The van der Waals surface area contributed by atoms with E-state index in [1.165, 1.54) is 6.07 Å². The Hall–Kier alpha value is -2.63. The quantitative estimate of drug-likeness (QED) is 0.917. The van der Waals surface area contributed by atoms with Gasteiger partial charge in [0.2, 0.25) is 0 Å². The molecule has 110 valence electrons. The molecule has 5 nitrogen and oxygen atoms in total. The number of carboxylic acid groups (broad SMARTS) is 1. The molecule has 21 heavy (non-hydrogen) atoms. The Kier molecular flexibility index (Phi) is 4.37. The summed E-state index contributed by atoms with van der Waals surface area (Å²) in [5.74, 6) is -1.15. The van der Waals surface area contributed by atoms with Crippen LogP contribution in [0.3, 0.4) is 0 Å².